The van der Waals surface area contributed by atoms with Gasteiger partial charge in [-0.2, -0.15) is 0 Å². The van der Waals surface area contributed by atoms with Gasteiger partial charge in [0.25, 0.3) is 0 Å². The lowest BCUT2D eigenvalue weighted by Crippen LogP contribution is -2.42. The van der Waals surface area contributed by atoms with E-state index in [9.17, 15) is 4.39 Å². The first-order valence-electron chi connectivity index (χ1n) is 5.31. The molecule has 2 atom stereocenters. The van der Waals surface area contributed by atoms with Crippen LogP contribution in [0.5, 0.6) is 0 Å². The molecule has 0 saturated heterocycles. The summed E-state index contributed by atoms with van der Waals surface area (Å²) in [6.07, 6.45) is 5.43. The van der Waals surface area contributed by atoms with Crippen molar-refractivity contribution in [3.63, 3.8) is 0 Å². The van der Waals surface area contributed by atoms with Gasteiger partial charge in [0.05, 0.1) is 5.02 Å². The molecule has 90 valence electrons. The molecule has 1 aliphatic rings. The standard InChI is InChI=1S/C13H14ClFN2/c1-13(7-9(16)3-5-12(13)17)8-2-4-10(14)11(15)6-8/h2-7,12H,16-17H2,1H3. The highest BCUT2D eigenvalue weighted by Crippen LogP contribution is 2.33. The molecule has 1 aliphatic carbocycles. The van der Waals surface area contributed by atoms with Crippen LogP contribution in [0, 0.1) is 5.82 Å². The van der Waals surface area contributed by atoms with E-state index < -0.39 is 11.2 Å². The van der Waals surface area contributed by atoms with Crippen LogP contribution in [0.4, 0.5) is 4.39 Å². The molecule has 2 rings (SSSR count). The Bertz CT molecular complexity index is 510. The zero-order chi connectivity index (χ0) is 12.6. The topological polar surface area (TPSA) is 52.0 Å². The zero-order valence-electron chi connectivity index (χ0n) is 9.45. The van der Waals surface area contributed by atoms with Crippen molar-refractivity contribution in [2.45, 2.75) is 18.4 Å². The fourth-order valence-electron chi connectivity index (χ4n) is 2.01. The highest BCUT2D eigenvalue weighted by atomic mass is 35.5. The first-order valence-corrected chi connectivity index (χ1v) is 5.69. The van der Waals surface area contributed by atoms with Crippen LogP contribution in [0.15, 0.2) is 42.1 Å². The van der Waals surface area contributed by atoms with Gasteiger partial charge in [0, 0.05) is 17.2 Å². The van der Waals surface area contributed by atoms with Gasteiger partial charge in [0.2, 0.25) is 0 Å². The molecule has 0 spiro atoms. The highest BCUT2D eigenvalue weighted by molar-refractivity contribution is 6.30. The van der Waals surface area contributed by atoms with E-state index in [1.165, 1.54) is 12.1 Å². The number of rotatable bonds is 1. The molecule has 1 aromatic carbocycles. The molecule has 1 aromatic rings. The first-order chi connectivity index (χ1) is 7.93. The van der Waals surface area contributed by atoms with Gasteiger partial charge in [0.1, 0.15) is 5.82 Å². The molecule has 0 radical (unpaired) electrons. The van der Waals surface area contributed by atoms with Crippen LogP contribution in [0.25, 0.3) is 0 Å². The van der Waals surface area contributed by atoms with Gasteiger partial charge in [-0.05, 0) is 29.8 Å². The van der Waals surface area contributed by atoms with E-state index in [4.69, 9.17) is 23.1 Å². The third kappa shape index (κ3) is 2.08. The lowest BCUT2D eigenvalue weighted by molar-refractivity contribution is 0.510. The van der Waals surface area contributed by atoms with Gasteiger partial charge in [0.15, 0.2) is 0 Å². The van der Waals surface area contributed by atoms with Gasteiger partial charge in [-0.15, -0.1) is 0 Å². The maximum absolute atomic E-state index is 13.5. The van der Waals surface area contributed by atoms with Gasteiger partial charge >= 0.3 is 0 Å². The molecule has 4 heteroatoms. The normalized spacial score (nSPS) is 28.0. The number of benzene rings is 1. The Balaban J connectivity index is 2.51. The fraction of sp³-hybridized carbons (Fsp3) is 0.231. The molecule has 0 saturated carbocycles. The summed E-state index contributed by atoms with van der Waals surface area (Å²) >= 11 is 5.67. The Labute approximate surface area is 105 Å². The SMILES string of the molecule is CC1(c2ccc(Cl)c(F)c2)C=C(N)C=CC1N. The number of hydrogen-bond donors (Lipinski definition) is 2. The molecule has 2 nitrogen and oxygen atoms in total. The number of nitrogens with two attached hydrogens (primary N) is 2. The van der Waals surface area contributed by atoms with Crippen molar-refractivity contribution in [1.82, 2.24) is 0 Å². The molecule has 0 fully saturated rings. The minimum Gasteiger partial charge on any atom is -0.399 e. The van der Waals surface area contributed by atoms with E-state index in [2.05, 4.69) is 0 Å². The molecule has 17 heavy (non-hydrogen) atoms. The summed E-state index contributed by atoms with van der Waals surface area (Å²) in [6.45, 7) is 1.93. The van der Waals surface area contributed by atoms with Crippen LogP contribution in [0.1, 0.15) is 12.5 Å². The summed E-state index contributed by atoms with van der Waals surface area (Å²) in [5, 5.41) is 0.106. The van der Waals surface area contributed by atoms with Gasteiger partial charge in [-0.3, -0.25) is 0 Å². The summed E-state index contributed by atoms with van der Waals surface area (Å²) in [7, 11) is 0. The minimum atomic E-state index is -0.510. The summed E-state index contributed by atoms with van der Waals surface area (Å²) in [5.74, 6) is -0.445. The van der Waals surface area contributed by atoms with Gasteiger partial charge in [-0.25, -0.2) is 4.39 Å². The van der Waals surface area contributed by atoms with Crippen LogP contribution >= 0.6 is 11.6 Å². The molecule has 4 N–H and O–H groups in total. The number of allylic oxidation sites excluding steroid dienone is 1. The van der Waals surface area contributed by atoms with Crippen molar-refractivity contribution in [3.8, 4) is 0 Å². The van der Waals surface area contributed by atoms with Crippen LogP contribution in [0.3, 0.4) is 0 Å². The average molecular weight is 253 g/mol. The predicted molar refractivity (Wildman–Crippen MR) is 68.1 cm³/mol. The Morgan fingerprint density at radius 3 is 2.76 bits per heavy atom. The highest BCUT2D eigenvalue weighted by Gasteiger charge is 2.32. The average Bonchev–Trinajstić information content (AvgIpc) is 2.28. The first kappa shape index (κ1) is 12.1. The zero-order valence-corrected chi connectivity index (χ0v) is 10.2. The van der Waals surface area contributed by atoms with Crippen molar-refractivity contribution in [3.05, 3.63) is 58.5 Å². The lowest BCUT2D eigenvalue weighted by Gasteiger charge is -2.34. The Hall–Kier alpha value is -1.32. The van der Waals surface area contributed by atoms with Crippen LogP contribution in [-0.2, 0) is 5.41 Å². The molecule has 0 heterocycles. The van der Waals surface area contributed by atoms with E-state index >= 15 is 0 Å². The molecule has 2 unspecified atom stereocenters. The second-order valence-corrected chi connectivity index (χ2v) is 4.85. The summed E-state index contributed by atoms with van der Waals surface area (Å²) in [5.41, 5.74) is 12.7. The second-order valence-electron chi connectivity index (χ2n) is 4.44. The minimum absolute atomic E-state index is 0.106. The van der Waals surface area contributed by atoms with Crippen molar-refractivity contribution in [2.24, 2.45) is 11.5 Å². The van der Waals surface area contributed by atoms with E-state index in [0.717, 1.165) is 5.56 Å². The summed E-state index contributed by atoms with van der Waals surface area (Å²) < 4.78 is 13.5. The predicted octanol–water partition coefficient (Wildman–Crippen LogP) is 2.48. The number of halogens is 2. The maximum Gasteiger partial charge on any atom is 0.142 e. The maximum atomic E-state index is 13.5. The Kier molecular flexibility index (Phi) is 2.98. The van der Waals surface area contributed by atoms with Crippen molar-refractivity contribution >= 4 is 11.6 Å². The third-order valence-corrected chi connectivity index (χ3v) is 3.50. The fourth-order valence-corrected chi connectivity index (χ4v) is 2.13. The van der Waals surface area contributed by atoms with E-state index in [0.29, 0.717) is 5.70 Å². The molecule has 0 aliphatic heterocycles. The molecule has 0 bridgehead atoms. The lowest BCUT2D eigenvalue weighted by atomic mass is 9.73. The Morgan fingerprint density at radius 2 is 2.12 bits per heavy atom. The van der Waals surface area contributed by atoms with Gasteiger partial charge < -0.3 is 11.5 Å². The van der Waals surface area contributed by atoms with E-state index in [1.54, 1.807) is 12.1 Å². The van der Waals surface area contributed by atoms with E-state index in [1.807, 2.05) is 19.1 Å². The third-order valence-electron chi connectivity index (χ3n) is 3.20. The largest absolute Gasteiger partial charge is 0.399 e. The van der Waals surface area contributed by atoms with Crippen LogP contribution in [-0.4, -0.2) is 6.04 Å². The van der Waals surface area contributed by atoms with Crippen molar-refractivity contribution in [1.29, 1.82) is 0 Å². The van der Waals surface area contributed by atoms with Crippen LogP contribution < -0.4 is 11.5 Å². The van der Waals surface area contributed by atoms with Crippen LogP contribution in [0.2, 0.25) is 5.02 Å². The molecular formula is C13H14ClFN2. The second kappa shape index (κ2) is 4.17. The van der Waals surface area contributed by atoms with Crippen molar-refractivity contribution in [2.75, 3.05) is 0 Å². The summed E-state index contributed by atoms with van der Waals surface area (Å²) in [4.78, 5) is 0. The molecular weight excluding hydrogens is 239 g/mol. The van der Waals surface area contributed by atoms with E-state index in [-0.39, 0.29) is 11.1 Å². The smallest absolute Gasteiger partial charge is 0.142 e. The van der Waals surface area contributed by atoms with Crippen molar-refractivity contribution < 1.29 is 4.39 Å². The summed E-state index contributed by atoms with van der Waals surface area (Å²) in [6, 6.07) is 4.47. The molecule has 0 aromatic heterocycles. The quantitative estimate of drug-likeness (QED) is 0.807. The molecule has 0 amide bonds. The number of hydrogen-bond acceptors (Lipinski definition) is 2. The van der Waals surface area contributed by atoms with Gasteiger partial charge in [-0.1, -0.05) is 30.7 Å². The Morgan fingerprint density at radius 1 is 1.41 bits per heavy atom. The monoisotopic (exact) mass is 252 g/mol.